The molecule has 0 N–H and O–H groups in total. The number of nitrogens with zero attached hydrogens (tertiary/aromatic N) is 2. The first-order valence-electron chi connectivity index (χ1n) is 11.1. The van der Waals surface area contributed by atoms with Crippen LogP contribution in [0.1, 0.15) is 15.9 Å². The zero-order valence-corrected chi connectivity index (χ0v) is 19.0. The van der Waals surface area contributed by atoms with E-state index in [-0.39, 0.29) is 5.78 Å². The number of carbonyl (C=O) groups excluding carboxylic acids is 1. The lowest BCUT2D eigenvalue weighted by atomic mass is 10.0. The molecule has 5 rings (SSSR count). The Morgan fingerprint density at radius 2 is 1.36 bits per heavy atom. The van der Waals surface area contributed by atoms with Crippen LogP contribution in [0.25, 0.3) is 22.2 Å². The molecule has 5 aromatic rings. The van der Waals surface area contributed by atoms with Crippen LogP contribution in [-0.2, 0) is 13.0 Å². The van der Waals surface area contributed by atoms with Crippen LogP contribution in [0.5, 0.6) is 0 Å². The van der Waals surface area contributed by atoms with Crippen molar-refractivity contribution in [2.75, 3.05) is 5.75 Å². The first-order valence-corrected chi connectivity index (χ1v) is 12.1. The molecule has 0 saturated heterocycles. The van der Waals surface area contributed by atoms with Crippen LogP contribution in [0.3, 0.4) is 0 Å². The normalized spacial score (nSPS) is 11.0. The van der Waals surface area contributed by atoms with Crippen molar-refractivity contribution in [1.29, 1.82) is 0 Å². The van der Waals surface area contributed by atoms with E-state index in [2.05, 4.69) is 47.0 Å². The Morgan fingerprint density at radius 3 is 2.12 bits per heavy atom. The van der Waals surface area contributed by atoms with Crippen molar-refractivity contribution in [2.45, 2.75) is 18.1 Å². The van der Waals surface area contributed by atoms with E-state index in [1.54, 1.807) is 0 Å². The van der Waals surface area contributed by atoms with Gasteiger partial charge in [-0.3, -0.25) is 4.79 Å². The molecule has 0 aliphatic carbocycles. The summed E-state index contributed by atoms with van der Waals surface area (Å²) in [4.78, 5) is 17.7. The van der Waals surface area contributed by atoms with Gasteiger partial charge in [0.05, 0.1) is 16.8 Å². The lowest BCUT2D eigenvalue weighted by molar-refractivity contribution is 0.102. The minimum atomic E-state index is 0.112. The number of benzene rings is 4. The maximum absolute atomic E-state index is 12.9. The number of fused-ring (bicyclic) bond motifs is 1. The van der Waals surface area contributed by atoms with Gasteiger partial charge in [-0.25, -0.2) is 4.98 Å². The number of aromatic nitrogens is 2. The number of imidazole rings is 1. The van der Waals surface area contributed by atoms with E-state index in [1.165, 1.54) is 17.3 Å². The second kappa shape index (κ2) is 9.88. The highest BCUT2D eigenvalue weighted by molar-refractivity contribution is 7.99. The van der Waals surface area contributed by atoms with Crippen molar-refractivity contribution in [3.63, 3.8) is 0 Å². The largest absolute Gasteiger partial charge is 0.319 e. The Bertz CT molecular complexity index is 1360. The van der Waals surface area contributed by atoms with Crippen LogP contribution in [-0.4, -0.2) is 21.1 Å². The Morgan fingerprint density at radius 1 is 0.727 bits per heavy atom. The number of carbonyl (C=O) groups is 1. The predicted octanol–water partition coefficient (Wildman–Crippen LogP) is 6.92. The minimum Gasteiger partial charge on any atom is -0.319 e. The number of rotatable bonds is 8. The monoisotopic (exact) mass is 448 g/mol. The molecule has 0 amide bonds. The van der Waals surface area contributed by atoms with Gasteiger partial charge in [-0.15, -0.1) is 0 Å². The lowest BCUT2D eigenvalue weighted by Gasteiger charge is -2.09. The zero-order valence-electron chi connectivity index (χ0n) is 18.2. The summed E-state index contributed by atoms with van der Waals surface area (Å²) in [5.41, 5.74) is 6.36. The second-order valence-electron chi connectivity index (χ2n) is 7.93. The minimum absolute atomic E-state index is 0.112. The Labute approximate surface area is 198 Å². The van der Waals surface area contributed by atoms with E-state index >= 15 is 0 Å². The zero-order chi connectivity index (χ0) is 22.5. The fourth-order valence-electron chi connectivity index (χ4n) is 3.96. The highest BCUT2D eigenvalue weighted by Crippen LogP contribution is 2.26. The van der Waals surface area contributed by atoms with Crippen LogP contribution in [0.15, 0.2) is 114 Å². The Kier molecular flexibility index (Phi) is 6.36. The lowest BCUT2D eigenvalue weighted by Crippen LogP contribution is -2.06. The quantitative estimate of drug-likeness (QED) is 0.191. The van der Waals surface area contributed by atoms with E-state index in [1.807, 2.05) is 66.7 Å². The summed E-state index contributed by atoms with van der Waals surface area (Å²) in [6.45, 7) is 0.826. The molecule has 0 aliphatic rings. The van der Waals surface area contributed by atoms with Crippen molar-refractivity contribution >= 4 is 28.6 Å². The van der Waals surface area contributed by atoms with Crippen LogP contribution < -0.4 is 0 Å². The molecule has 3 nitrogen and oxygen atoms in total. The summed E-state index contributed by atoms with van der Waals surface area (Å²) in [6, 6.07) is 36.7. The van der Waals surface area contributed by atoms with Crippen molar-refractivity contribution in [3.05, 3.63) is 120 Å². The molecule has 1 heterocycles. The summed E-state index contributed by atoms with van der Waals surface area (Å²) in [5.74, 6) is 0.473. The first-order chi connectivity index (χ1) is 16.3. The maximum atomic E-state index is 12.9. The molecule has 1 aromatic heterocycles. The Balaban J connectivity index is 1.31. The highest BCUT2D eigenvalue weighted by atomic mass is 32.2. The average Bonchev–Trinajstić information content (AvgIpc) is 3.24. The average molecular weight is 449 g/mol. The van der Waals surface area contributed by atoms with Crippen LogP contribution in [0.4, 0.5) is 0 Å². The number of aryl methyl sites for hydroxylation is 2. The van der Waals surface area contributed by atoms with Crippen molar-refractivity contribution < 1.29 is 4.79 Å². The van der Waals surface area contributed by atoms with Gasteiger partial charge in [0.2, 0.25) is 0 Å². The van der Waals surface area contributed by atoms with Gasteiger partial charge in [-0.2, -0.15) is 0 Å². The van der Waals surface area contributed by atoms with E-state index in [9.17, 15) is 4.79 Å². The van der Waals surface area contributed by atoms with Gasteiger partial charge in [-0.1, -0.05) is 109 Å². The second-order valence-corrected chi connectivity index (χ2v) is 8.87. The Hall–Kier alpha value is -3.63. The molecule has 0 saturated carbocycles. The summed E-state index contributed by atoms with van der Waals surface area (Å²) >= 11 is 1.51. The third kappa shape index (κ3) is 4.91. The van der Waals surface area contributed by atoms with Gasteiger partial charge in [0, 0.05) is 12.1 Å². The van der Waals surface area contributed by atoms with Crippen LogP contribution in [0.2, 0.25) is 0 Å². The van der Waals surface area contributed by atoms with Gasteiger partial charge < -0.3 is 4.57 Å². The fourth-order valence-corrected chi connectivity index (χ4v) is 4.89. The molecule has 0 atom stereocenters. The summed E-state index contributed by atoms with van der Waals surface area (Å²) in [5, 5.41) is 0.890. The topological polar surface area (TPSA) is 34.9 Å². The van der Waals surface area contributed by atoms with Gasteiger partial charge in [-0.05, 0) is 35.2 Å². The molecule has 162 valence electrons. The third-order valence-corrected chi connectivity index (χ3v) is 6.71. The molecule has 0 unspecified atom stereocenters. The number of ketones is 1. The van der Waals surface area contributed by atoms with Crippen LogP contribution >= 0.6 is 11.8 Å². The summed E-state index contributed by atoms with van der Waals surface area (Å²) in [7, 11) is 0. The molecule has 0 fully saturated rings. The molecule has 0 spiro atoms. The number of hydrogen-bond donors (Lipinski definition) is 0. The van der Waals surface area contributed by atoms with E-state index in [0.717, 1.165) is 45.8 Å². The third-order valence-electron chi connectivity index (χ3n) is 5.73. The summed E-state index contributed by atoms with van der Waals surface area (Å²) < 4.78 is 2.23. The SMILES string of the molecule is O=C(CSc1nc2ccccc2n1CCc1ccccc1)c1ccc(-c2ccccc2)cc1. The molecule has 4 aromatic carbocycles. The molecule has 0 aliphatic heterocycles. The number of Topliss-reactive ketones (excluding diaryl/α,β-unsaturated/α-hetero) is 1. The van der Waals surface area contributed by atoms with E-state index < -0.39 is 0 Å². The van der Waals surface area contributed by atoms with Gasteiger partial charge in [0.15, 0.2) is 10.9 Å². The molecular formula is C29H24N2OS. The predicted molar refractivity (Wildman–Crippen MR) is 137 cm³/mol. The standard InChI is InChI=1S/C29H24N2OS/c32-28(25-17-15-24(16-18-25)23-11-5-2-6-12-23)21-33-29-30-26-13-7-8-14-27(26)31(29)20-19-22-9-3-1-4-10-22/h1-18H,19-21H2. The highest BCUT2D eigenvalue weighted by Gasteiger charge is 2.14. The van der Waals surface area contributed by atoms with Crippen molar-refractivity contribution in [2.24, 2.45) is 0 Å². The van der Waals surface area contributed by atoms with Crippen LogP contribution in [0, 0.1) is 0 Å². The smallest absolute Gasteiger partial charge is 0.173 e. The molecule has 0 bridgehead atoms. The number of thioether (sulfide) groups is 1. The number of hydrogen-bond acceptors (Lipinski definition) is 3. The van der Waals surface area contributed by atoms with Gasteiger partial charge in [0.1, 0.15) is 0 Å². The molecule has 0 radical (unpaired) electrons. The molecular weight excluding hydrogens is 424 g/mol. The van der Waals surface area contributed by atoms with Gasteiger partial charge >= 0.3 is 0 Å². The summed E-state index contributed by atoms with van der Waals surface area (Å²) in [6.07, 6.45) is 0.920. The maximum Gasteiger partial charge on any atom is 0.173 e. The van der Waals surface area contributed by atoms with E-state index in [4.69, 9.17) is 4.98 Å². The molecule has 4 heteroatoms. The van der Waals surface area contributed by atoms with Crippen molar-refractivity contribution in [3.8, 4) is 11.1 Å². The first kappa shape index (κ1) is 21.2. The van der Waals surface area contributed by atoms with Crippen molar-refractivity contribution in [1.82, 2.24) is 9.55 Å². The van der Waals surface area contributed by atoms with Gasteiger partial charge in [0.25, 0.3) is 0 Å². The molecule has 33 heavy (non-hydrogen) atoms. The van der Waals surface area contributed by atoms with E-state index in [0.29, 0.717) is 5.75 Å². The number of para-hydroxylation sites is 2. The fraction of sp³-hybridized carbons (Fsp3) is 0.103.